The predicted molar refractivity (Wildman–Crippen MR) is 39.4 cm³/mol. The molecule has 0 spiro atoms. The molecule has 0 amide bonds. The molecule has 0 heterocycles. The van der Waals surface area contributed by atoms with Crippen molar-refractivity contribution >= 4 is 7.82 Å². The minimum absolute atomic E-state index is 0. The summed E-state index contributed by atoms with van der Waals surface area (Å²) < 4.78 is 13.2. The Labute approximate surface area is 64.0 Å². The largest absolute Gasteiger partial charge is 0.474 e. The second kappa shape index (κ2) is 9.35. The average Bonchev–Trinajstić information content (AvgIpc) is 1.63. The van der Waals surface area contributed by atoms with Crippen molar-refractivity contribution in [3.05, 3.63) is 25.7 Å². The van der Waals surface area contributed by atoms with E-state index in [-0.39, 0.29) is 5.48 Å². The topological polar surface area (TPSA) is 118 Å². The highest BCUT2D eigenvalue weighted by molar-refractivity contribution is 7.45. The van der Waals surface area contributed by atoms with Gasteiger partial charge in [-0.25, -0.2) is 4.57 Å². The number of hydrogen-bond acceptors (Lipinski definition) is 2. The van der Waals surface area contributed by atoms with E-state index in [4.69, 9.17) is 19.2 Å². The predicted octanol–water partition coefficient (Wildman–Crippen LogP) is -0.463. The second-order valence-electron chi connectivity index (χ2n) is 0.983. The first-order valence-electron chi connectivity index (χ1n) is 2.07. The van der Waals surface area contributed by atoms with Gasteiger partial charge in [0, 0.05) is 0 Å². The van der Waals surface area contributed by atoms with E-state index in [0.29, 0.717) is 0 Å². The molecule has 0 aliphatic carbocycles. The molecule has 7 heteroatoms. The van der Waals surface area contributed by atoms with Gasteiger partial charge in [0.25, 0.3) is 0 Å². The number of ether oxygens (including phenoxy) is 1. The molecule has 0 atom stereocenters. The fraction of sp³-hybridized carbons (Fsp3) is 0. The monoisotopic (exact) mass is 186 g/mol. The minimum atomic E-state index is -4.64. The molecule has 0 aromatic heterocycles. The van der Waals surface area contributed by atoms with Crippen molar-refractivity contribution in [2.24, 2.45) is 0 Å². The quantitative estimate of drug-likeness (QED) is 0.398. The van der Waals surface area contributed by atoms with E-state index in [1.807, 2.05) is 0 Å². The van der Waals surface area contributed by atoms with Crippen LogP contribution in [-0.4, -0.2) is 20.2 Å². The lowest BCUT2D eigenvalue weighted by Gasteiger charge is -1.82. The standard InChI is InChI=1S/C4H6O.H3O4P.H2O/c1-3-5-4-2;1-5(2,3)4;/h3-4H,1-2H2;(H3,1,2,3,4);1H2. The molecule has 0 aromatic carbocycles. The molecular weight excluding hydrogens is 175 g/mol. The van der Waals surface area contributed by atoms with Crippen LogP contribution in [0.5, 0.6) is 0 Å². The van der Waals surface area contributed by atoms with Gasteiger partial charge in [-0.1, -0.05) is 13.2 Å². The van der Waals surface area contributed by atoms with Gasteiger partial charge < -0.3 is 24.9 Å². The van der Waals surface area contributed by atoms with Gasteiger partial charge in [-0.05, 0) is 0 Å². The normalized spacial score (nSPS) is 7.91. The molecule has 0 aliphatic rings. The lowest BCUT2D eigenvalue weighted by Crippen LogP contribution is -1.66. The fourth-order valence-electron chi connectivity index (χ4n) is 0.0680. The summed E-state index contributed by atoms with van der Waals surface area (Å²) in [5.41, 5.74) is 0. The van der Waals surface area contributed by atoms with Gasteiger partial charge in [0.1, 0.15) is 0 Å². The van der Waals surface area contributed by atoms with Crippen molar-refractivity contribution in [1.82, 2.24) is 0 Å². The van der Waals surface area contributed by atoms with E-state index >= 15 is 0 Å². The molecule has 0 radical (unpaired) electrons. The van der Waals surface area contributed by atoms with Crippen LogP contribution >= 0.6 is 7.82 Å². The molecule has 0 aromatic rings. The molecular formula is C4H11O6P. The van der Waals surface area contributed by atoms with Crippen molar-refractivity contribution in [2.45, 2.75) is 0 Å². The molecule has 0 fully saturated rings. The summed E-state index contributed by atoms with van der Waals surface area (Å²) >= 11 is 0. The third kappa shape index (κ3) is 277. The van der Waals surface area contributed by atoms with Crippen LogP contribution in [0.3, 0.4) is 0 Å². The Morgan fingerprint density at radius 1 is 1.18 bits per heavy atom. The van der Waals surface area contributed by atoms with Crippen LogP contribution in [0.2, 0.25) is 0 Å². The maximum absolute atomic E-state index is 8.88. The van der Waals surface area contributed by atoms with Gasteiger partial charge in [0.15, 0.2) is 0 Å². The summed E-state index contributed by atoms with van der Waals surface area (Å²) in [6.45, 7) is 6.51. The summed E-state index contributed by atoms with van der Waals surface area (Å²) in [5, 5.41) is 0. The zero-order chi connectivity index (χ0) is 8.62. The maximum Gasteiger partial charge on any atom is 0.466 e. The highest BCUT2D eigenvalue weighted by Gasteiger charge is 2.00. The van der Waals surface area contributed by atoms with Crippen LogP contribution in [0, 0.1) is 0 Å². The van der Waals surface area contributed by atoms with Crippen LogP contribution in [0.25, 0.3) is 0 Å². The smallest absolute Gasteiger partial charge is 0.466 e. The van der Waals surface area contributed by atoms with Gasteiger partial charge in [0.05, 0.1) is 12.5 Å². The lowest BCUT2D eigenvalue weighted by molar-refractivity contribution is 0.275. The molecule has 0 bridgehead atoms. The number of hydrogen-bond donors (Lipinski definition) is 3. The van der Waals surface area contributed by atoms with Gasteiger partial charge in [0.2, 0.25) is 0 Å². The zero-order valence-corrected chi connectivity index (χ0v) is 6.57. The van der Waals surface area contributed by atoms with Crippen LogP contribution in [0.4, 0.5) is 0 Å². The summed E-state index contributed by atoms with van der Waals surface area (Å²) in [7, 11) is -4.64. The molecule has 11 heavy (non-hydrogen) atoms. The van der Waals surface area contributed by atoms with E-state index < -0.39 is 7.82 Å². The minimum Gasteiger partial charge on any atom is -0.474 e. The Hall–Kier alpha value is -0.650. The summed E-state index contributed by atoms with van der Waals surface area (Å²) in [5.74, 6) is 0. The van der Waals surface area contributed by atoms with Gasteiger partial charge in [-0.2, -0.15) is 0 Å². The number of phosphoric acid groups is 1. The first kappa shape index (κ1) is 16.7. The average molecular weight is 186 g/mol. The Balaban J connectivity index is -0.000000107. The molecule has 0 saturated heterocycles. The van der Waals surface area contributed by atoms with Gasteiger partial charge in [-0.3, -0.25) is 0 Å². The Morgan fingerprint density at radius 3 is 1.36 bits per heavy atom. The van der Waals surface area contributed by atoms with Crippen molar-refractivity contribution in [3.63, 3.8) is 0 Å². The lowest BCUT2D eigenvalue weighted by atomic mass is 11.1. The van der Waals surface area contributed by atoms with Crippen molar-refractivity contribution in [2.75, 3.05) is 0 Å². The third-order valence-corrected chi connectivity index (χ3v) is 0.192. The van der Waals surface area contributed by atoms with Crippen molar-refractivity contribution < 1.29 is 29.5 Å². The molecule has 0 saturated carbocycles. The van der Waals surface area contributed by atoms with Crippen LogP contribution in [0.15, 0.2) is 25.7 Å². The van der Waals surface area contributed by atoms with Crippen molar-refractivity contribution in [1.29, 1.82) is 0 Å². The molecule has 68 valence electrons. The summed E-state index contributed by atoms with van der Waals surface area (Å²) in [6.07, 6.45) is 2.62. The van der Waals surface area contributed by atoms with E-state index in [9.17, 15) is 0 Å². The molecule has 6 nitrogen and oxygen atoms in total. The van der Waals surface area contributed by atoms with E-state index in [1.54, 1.807) is 0 Å². The van der Waals surface area contributed by atoms with E-state index in [2.05, 4.69) is 17.9 Å². The first-order chi connectivity index (χ1) is 4.41. The molecule has 0 aliphatic heterocycles. The number of rotatable bonds is 2. The summed E-state index contributed by atoms with van der Waals surface area (Å²) in [6, 6.07) is 0. The van der Waals surface area contributed by atoms with Crippen molar-refractivity contribution in [3.8, 4) is 0 Å². The Bertz CT molecular complexity index is 123. The zero-order valence-electron chi connectivity index (χ0n) is 5.67. The van der Waals surface area contributed by atoms with Gasteiger partial charge >= 0.3 is 7.82 Å². The third-order valence-electron chi connectivity index (χ3n) is 0.192. The Morgan fingerprint density at radius 2 is 1.36 bits per heavy atom. The molecule has 0 rings (SSSR count). The van der Waals surface area contributed by atoms with Gasteiger partial charge in [-0.15, -0.1) is 0 Å². The first-order valence-corrected chi connectivity index (χ1v) is 3.64. The maximum atomic E-state index is 8.88. The van der Waals surface area contributed by atoms with Crippen LogP contribution < -0.4 is 0 Å². The Kier molecular flexibility index (Phi) is 14.2. The SMILES string of the molecule is C=COC=C.O.O=P(O)(O)O. The molecule has 0 unspecified atom stereocenters. The van der Waals surface area contributed by atoms with Crippen LogP contribution in [-0.2, 0) is 9.30 Å². The second-order valence-corrected chi connectivity index (χ2v) is 2.01. The van der Waals surface area contributed by atoms with Crippen LogP contribution in [0.1, 0.15) is 0 Å². The highest BCUT2D eigenvalue weighted by Crippen LogP contribution is 2.25. The highest BCUT2D eigenvalue weighted by atomic mass is 31.2. The van der Waals surface area contributed by atoms with E-state index in [0.717, 1.165) is 0 Å². The summed E-state index contributed by atoms with van der Waals surface area (Å²) in [4.78, 5) is 21.6. The fourth-order valence-corrected chi connectivity index (χ4v) is 0.0680. The molecule has 5 N–H and O–H groups in total. The van der Waals surface area contributed by atoms with E-state index in [1.165, 1.54) is 12.5 Å².